The summed E-state index contributed by atoms with van der Waals surface area (Å²) in [7, 11) is 9.93. The molecule has 11 amide bonds. The molecule has 1 aliphatic heterocycles. The van der Waals surface area contributed by atoms with Crippen LogP contribution in [0.5, 0.6) is 0 Å². The Morgan fingerprint density at radius 1 is 0.489 bits per heavy atom. The largest absolute Gasteiger partial charge is 0.390 e. The first-order valence-corrected chi connectivity index (χ1v) is 33.5. The first-order chi connectivity index (χ1) is 42.7. The van der Waals surface area contributed by atoms with Gasteiger partial charge in [-0.05, 0) is 113 Å². The zero-order valence-electron chi connectivity index (χ0n) is 59.6. The summed E-state index contributed by atoms with van der Waals surface area (Å²) in [5, 5.41) is 22.3. The van der Waals surface area contributed by atoms with E-state index in [1.807, 2.05) is 55.4 Å². The number of rotatable bonds is 17. The summed E-state index contributed by atoms with van der Waals surface area (Å²) in [4.78, 5) is 177. The van der Waals surface area contributed by atoms with Crippen LogP contribution < -0.4 is 21.3 Å². The van der Waals surface area contributed by atoms with Crippen molar-refractivity contribution in [3.05, 3.63) is 36.5 Å². The number of allylic oxidation sites excluding steroid dienone is 2. The third-order valence-corrected chi connectivity index (χ3v) is 18.3. The van der Waals surface area contributed by atoms with Crippen molar-refractivity contribution in [1.29, 1.82) is 0 Å². The average Bonchev–Trinajstić information content (AvgIpc) is 0.814. The van der Waals surface area contributed by atoms with E-state index in [0.717, 1.165) is 21.6 Å². The third kappa shape index (κ3) is 22.3. The Labute approximate surface area is 553 Å². The van der Waals surface area contributed by atoms with E-state index in [2.05, 4.69) is 26.3 Å². The van der Waals surface area contributed by atoms with Gasteiger partial charge in [0.1, 0.15) is 60.4 Å². The van der Waals surface area contributed by atoms with Gasteiger partial charge in [0.15, 0.2) is 5.37 Å². The molecule has 1 aromatic heterocycles. The van der Waals surface area contributed by atoms with Gasteiger partial charge in [0.2, 0.25) is 59.1 Å². The molecule has 1 saturated heterocycles. The number of thioether (sulfide) groups is 1. The molecular weight excluding hydrogens is 1200 g/mol. The van der Waals surface area contributed by atoms with Crippen LogP contribution in [0.25, 0.3) is 0 Å². The first kappa shape index (κ1) is 81.5. The van der Waals surface area contributed by atoms with Crippen LogP contribution in [-0.4, -0.2) is 231 Å². The number of aliphatic hydroxyl groups excluding tert-OH is 1. The van der Waals surface area contributed by atoms with Crippen molar-refractivity contribution < 1.29 is 57.8 Å². The Morgan fingerprint density at radius 3 is 1.39 bits per heavy atom. The van der Waals surface area contributed by atoms with Gasteiger partial charge in [-0.3, -0.25) is 52.7 Å². The highest BCUT2D eigenvalue weighted by atomic mass is 32.2. The summed E-state index contributed by atoms with van der Waals surface area (Å²) in [6.07, 6.45) is 4.35. The predicted molar refractivity (Wildman–Crippen MR) is 357 cm³/mol. The van der Waals surface area contributed by atoms with Crippen molar-refractivity contribution >= 4 is 76.7 Å². The van der Waals surface area contributed by atoms with Crippen molar-refractivity contribution in [2.45, 2.75) is 233 Å². The van der Waals surface area contributed by atoms with Crippen LogP contribution in [0.3, 0.4) is 0 Å². The molecule has 5 N–H and O–H groups in total. The highest BCUT2D eigenvalue weighted by Gasteiger charge is 2.46. The molecule has 0 bridgehead atoms. The van der Waals surface area contributed by atoms with Crippen LogP contribution in [-0.2, 0) is 52.7 Å². The molecule has 0 spiro atoms. The van der Waals surface area contributed by atoms with Crippen molar-refractivity contribution in [3.63, 3.8) is 0 Å². The second-order valence-corrected chi connectivity index (χ2v) is 28.5. The molecule has 1 aromatic rings. The number of nitrogens with one attached hydrogen (secondary N) is 4. The molecule has 2 rings (SSSR count). The summed E-state index contributed by atoms with van der Waals surface area (Å²) in [6.45, 7) is 29.9. The molecule has 2 heterocycles. The van der Waals surface area contributed by atoms with E-state index in [4.69, 9.17) is 0 Å². The monoisotopic (exact) mass is 1310 g/mol. The average molecular weight is 1310 g/mol. The molecule has 0 aliphatic carbocycles. The Bertz CT molecular complexity index is 2690. The van der Waals surface area contributed by atoms with Gasteiger partial charge >= 0.3 is 0 Å². The van der Waals surface area contributed by atoms with Gasteiger partial charge in [0, 0.05) is 55.5 Å². The number of hydrogen-bond acceptors (Lipinski definition) is 14. The highest BCUT2D eigenvalue weighted by molar-refractivity contribution is 8.00. The summed E-state index contributed by atoms with van der Waals surface area (Å²) in [5.41, 5.74) is 0. The van der Waals surface area contributed by atoms with Gasteiger partial charge in [-0.1, -0.05) is 127 Å². The molecule has 0 aromatic carbocycles. The Hall–Kier alpha value is -6.63. The molecule has 25 heteroatoms. The first-order valence-electron chi connectivity index (χ1n) is 32.6. The number of pyridine rings is 1. The Kier molecular flexibility index (Phi) is 33.0. The maximum atomic E-state index is 15.3. The minimum absolute atomic E-state index is 0.0317. The molecule has 1 fully saturated rings. The highest BCUT2D eigenvalue weighted by Crippen LogP contribution is 2.29. The smallest absolute Gasteiger partial charge is 0.256 e. The fraction of sp³-hybridized carbons (Fsp3) is 0.731. The lowest BCUT2D eigenvalue weighted by Crippen LogP contribution is -2.64. The third-order valence-electron chi connectivity index (χ3n) is 17.1. The summed E-state index contributed by atoms with van der Waals surface area (Å²) < 4.78 is 0. The summed E-state index contributed by atoms with van der Waals surface area (Å²) >= 11 is 0.925. The van der Waals surface area contributed by atoms with Gasteiger partial charge < -0.3 is 60.7 Å². The van der Waals surface area contributed by atoms with Crippen LogP contribution in [0.15, 0.2) is 41.6 Å². The number of amides is 11. The molecule has 0 radical (unpaired) electrons. The predicted octanol–water partition coefficient (Wildman–Crippen LogP) is 4.78. The molecule has 24 nitrogen and oxygen atoms in total. The maximum Gasteiger partial charge on any atom is 0.256 e. The van der Waals surface area contributed by atoms with Gasteiger partial charge in [0.05, 0.1) is 11.1 Å². The molecule has 0 saturated carbocycles. The van der Waals surface area contributed by atoms with Crippen molar-refractivity contribution in [3.8, 4) is 0 Å². The lowest BCUT2D eigenvalue weighted by molar-refractivity contribution is -0.157. The fourth-order valence-corrected chi connectivity index (χ4v) is 12.4. The molecule has 13 atom stereocenters. The van der Waals surface area contributed by atoms with E-state index < -0.39 is 155 Å². The van der Waals surface area contributed by atoms with Crippen LogP contribution in [0.2, 0.25) is 0 Å². The van der Waals surface area contributed by atoms with E-state index in [1.165, 1.54) is 93.9 Å². The SMILES string of the molecule is C/C=C/C[C@@H](C)[C@@H](O)[C@H]1C(=O)N[C@@H](CC)C(=O)N(C)C(Sc2ccccn2)C(=O)N(C)[C@@H](CC(C)C)C(=O)NC(C(C)C)C(=O)N(C)[C@@H](CC(C)C)C(=O)N[C@@H](C)C(=O)N[C@H](C)C(=O)N(C)[C@@H](CC(C)C)C(=O)N(C)[C@@H](CC(C)C)C(=O)N(C)C(C(C)C)C(=O)N1C. The van der Waals surface area contributed by atoms with Crippen LogP contribution in [0.1, 0.15) is 156 Å². The minimum Gasteiger partial charge on any atom is -0.390 e. The number of likely N-dealkylation sites (N-methyl/N-ethyl adjacent to an activating group) is 7. The second kappa shape index (κ2) is 37.3. The van der Waals surface area contributed by atoms with E-state index in [9.17, 15) is 29.1 Å². The fourth-order valence-electron chi connectivity index (χ4n) is 11.4. The van der Waals surface area contributed by atoms with Crippen molar-refractivity contribution in [2.75, 3.05) is 49.3 Å². The number of nitrogens with zero attached hydrogens (tertiary/aromatic N) is 8. The number of carbonyl (C=O) groups excluding carboxylic acids is 11. The van der Waals surface area contributed by atoms with Crippen LogP contribution >= 0.6 is 11.8 Å². The second-order valence-electron chi connectivity index (χ2n) is 27.4. The quantitative estimate of drug-likeness (QED) is 0.131. The van der Waals surface area contributed by atoms with Crippen molar-refractivity contribution in [1.82, 2.24) is 60.6 Å². The summed E-state index contributed by atoms with van der Waals surface area (Å²) in [6, 6.07) is -7.71. The molecule has 3 unspecified atom stereocenters. The number of aromatic nitrogens is 1. The van der Waals surface area contributed by atoms with E-state index >= 15 is 28.8 Å². The zero-order valence-corrected chi connectivity index (χ0v) is 60.4. The topological polar surface area (TPSA) is 292 Å². The summed E-state index contributed by atoms with van der Waals surface area (Å²) in [5.74, 6) is -10.2. The number of hydrogen-bond donors (Lipinski definition) is 5. The van der Waals surface area contributed by atoms with E-state index in [-0.39, 0.29) is 62.2 Å². The lowest BCUT2D eigenvalue weighted by atomic mass is 9.91. The minimum atomic E-state index is -1.66. The van der Waals surface area contributed by atoms with Gasteiger partial charge in [0.25, 0.3) is 5.91 Å². The van der Waals surface area contributed by atoms with E-state index in [1.54, 1.807) is 78.8 Å². The molecular formula is C67H114N12O12S. The van der Waals surface area contributed by atoms with Crippen LogP contribution in [0, 0.1) is 41.4 Å². The number of aliphatic hydroxyl groups is 1. The molecule has 1 aliphatic rings. The maximum absolute atomic E-state index is 15.3. The van der Waals surface area contributed by atoms with Gasteiger partial charge in [-0.25, -0.2) is 4.98 Å². The zero-order chi connectivity index (χ0) is 70.7. The van der Waals surface area contributed by atoms with Gasteiger partial charge in [-0.15, -0.1) is 0 Å². The molecule has 520 valence electrons. The molecule has 92 heavy (non-hydrogen) atoms. The van der Waals surface area contributed by atoms with Crippen LogP contribution in [0.4, 0.5) is 0 Å². The normalized spacial score (nSPS) is 26.5. The van der Waals surface area contributed by atoms with E-state index in [0.29, 0.717) is 5.03 Å². The number of carbonyl (C=O) groups is 11. The van der Waals surface area contributed by atoms with Gasteiger partial charge in [-0.2, -0.15) is 0 Å². The Balaban J connectivity index is 3.12. The van der Waals surface area contributed by atoms with Crippen molar-refractivity contribution in [2.24, 2.45) is 41.4 Å². The standard InChI is InChI=1S/C67H114N12O12S/c1-25-27-30-43(15)55(80)54-59(84)71-46(26-2)61(86)79(24)67(92-51-31-28-29-32-68-51)66(91)74(19)48(34-38(5)6)58(83)72-52(41(11)12)64(89)73(18)47(33-37(3)4)57(82)69-44(16)56(81)70-45(17)60(85)75(20)49(35-39(7)8)62(87)76(21)50(36-40(9)10)63(88)77(22)53(42(13)14)65(90)78(54)23/h25,27-29,31-32,37-50,52-55,67,80H,26,30,33-36H2,1-24H3,(H,69,82)(H,70,81)(H,71,84)(H,72,83)/b27-25+/t43-,44+,45-,46+,47+,48+,49+,50+,52?,53?,54+,55-,67?/m1/s1. The Morgan fingerprint density at radius 2 is 0.935 bits per heavy atom. The lowest BCUT2D eigenvalue weighted by Gasteiger charge is -2.41.